The van der Waals surface area contributed by atoms with E-state index in [-0.39, 0.29) is 6.04 Å². The highest BCUT2D eigenvalue weighted by molar-refractivity contribution is 6.30. The largest absolute Gasteiger partial charge is 0.314 e. The Hall–Kier alpha value is -1.08. The molecule has 1 saturated heterocycles. The maximum Gasteiger partial charge on any atom is 0.0641 e. The van der Waals surface area contributed by atoms with E-state index >= 15 is 0 Å². The third-order valence-electron chi connectivity index (χ3n) is 3.47. The van der Waals surface area contributed by atoms with Gasteiger partial charge in [-0.3, -0.25) is 4.90 Å². The Bertz CT molecular complexity index is 447. The number of hydrogen-bond acceptors (Lipinski definition) is 3. The lowest BCUT2D eigenvalue weighted by Crippen LogP contribution is -2.45. The molecule has 0 aromatic heterocycles. The zero-order chi connectivity index (χ0) is 13.0. The van der Waals surface area contributed by atoms with Crippen LogP contribution < -0.4 is 5.32 Å². The Labute approximate surface area is 113 Å². The van der Waals surface area contributed by atoms with Gasteiger partial charge in [0.15, 0.2) is 0 Å². The van der Waals surface area contributed by atoms with Gasteiger partial charge in [-0.1, -0.05) is 17.7 Å². The van der Waals surface area contributed by atoms with E-state index in [2.05, 4.69) is 29.3 Å². The third kappa shape index (κ3) is 3.02. The van der Waals surface area contributed by atoms with Crippen molar-refractivity contribution in [3.05, 3.63) is 34.3 Å². The molecular formula is C14H18ClN3. The molecule has 4 heteroatoms. The zero-order valence-corrected chi connectivity index (χ0v) is 11.4. The number of nitrogens with zero attached hydrogens (tertiary/aromatic N) is 2. The molecular weight excluding hydrogens is 246 g/mol. The molecule has 0 saturated carbocycles. The van der Waals surface area contributed by atoms with Gasteiger partial charge in [-0.05, 0) is 30.2 Å². The van der Waals surface area contributed by atoms with Crippen molar-refractivity contribution in [3.8, 4) is 6.07 Å². The summed E-state index contributed by atoms with van der Waals surface area (Å²) in [5.74, 6) is 0. The van der Waals surface area contributed by atoms with Gasteiger partial charge in [0.25, 0.3) is 0 Å². The van der Waals surface area contributed by atoms with Crippen LogP contribution in [0.15, 0.2) is 18.2 Å². The fourth-order valence-electron chi connectivity index (χ4n) is 2.53. The number of halogens is 1. The standard InChI is InChI=1S/C14H18ClN3/c1-11-10-12(15)2-3-13(11)14(4-5-16)18-8-6-17-7-9-18/h2-3,10,14,17H,4,6-9H2,1H3/t14-/m1/s1. The molecule has 0 radical (unpaired) electrons. The Morgan fingerprint density at radius 2 is 2.17 bits per heavy atom. The second kappa shape index (κ2) is 6.19. The lowest BCUT2D eigenvalue weighted by atomic mass is 9.97. The van der Waals surface area contributed by atoms with E-state index in [4.69, 9.17) is 16.9 Å². The first-order chi connectivity index (χ1) is 8.72. The highest BCUT2D eigenvalue weighted by atomic mass is 35.5. The number of nitrogens with one attached hydrogen (secondary N) is 1. The van der Waals surface area contributed by atoms with E-state index in [0.29, 0.717) is 6.42 Å². The summed E-state index contributed by atoms with van der Waals surface area (Å²) in [5.41, 5.74) is 2.39. The summed E-state index contributed by atoms with van der Waals surface area (Å²) in [7, 11) is 0. The van der Waals surface area contributed by atoms with Crippen molar-refractivity contribution >= 4 is 11.6 Å². The molecule has 0 bridgehead atoms. The molecule has 1 atom stereocenters. The number of piperazine rings is 1. The van der Waals surface area contributed by atoms with Crippen molar-refractivity contribution in [2.75, 3.05) is 26.2 Å². The fourth-order valence-corrected chi connectivity index (χ4v) is 2.76. The fraction of sp³-hybridized carbons (Fsp3) is 0.500. The van der Waals surface area contributed by atoms with Gasteiger partial charge < -0.3 is 5.32 Å². The van der Waals surface area contributed by atoms with Crippen LogP contribution in [0.5, 0.6) is 0 Å². The van der Waals surface area contributed by atoms with Crippen molar-refractivity contribution in [2.45, 2.75) is 19.4 Å². The molecule has 18 heavy (non-hydrogen) atoms. The van der Waals surface area contributed by atoms with Gasteiger partial charge in [0.05, 0.1) is 12.5 Å². The van der Waals surface area contributed by atoms with Gasteiger partial charge in [0.1, 0.15) is 0 Å². The number of benzene rings is 1. The molecule has 1 aliphatic heterocycles. The average Bonchev–Trinajstić information content (AvgIpc) is 2.38. The molecule has 1 heterocycles. The van der Waals surface area contributed by atoms with Crippen molar-refractivity contribution in [1.29, 1.82) is 5.26 Å². The number of rotatable bonds is 3. The second-order valence-electron chi connectivity index (χ2n) is 4.66. The van der Waals surface area contributed by atoms with Crippen LogP contribution in [0.25, 0.3) is 0 Å². The molecule has 1 fully saturated rings. The lowest BCUT2D eigenvalue weighted by molar-refractivity contribution is 0.175. The van der Waals surface area contributed by atoms with Gasteiger partial charge in [-0.15, -0.1) is 0 Å². The van der Waals surface area contributed by atoms with Crippen LogP contribution in [-0.4, -0.2) is 31.1 Å². The van der Waals surface area contributed by atoms with Crippen molar-refractivity contribution < 1.29 is 0 Å². The second-order valence-corrected chi connectivity index (χ2v) is 5.10. The zero-order valence-electron chi connectivity index (χ0n) is 10.6. The van der Waals surface area contributed by atoms with E-state index in [0.717, 1.165) is 31.2 Å². The molecule has 0 unspecified atom stereocenters. The first-order valence-electron chi connectivity index (χ1n) is 6.30. The smallest absolute Gasteiger partial charge is 0.0641 e. The molecule has 0 spiro atoms. The Morgan fingerprint density at radius 1 is 1.44 bits per heavy atom. The number of nitriles is 1. The Kier molecular flexibility index (Phi) is 4.60. The molecule has 3 nitrogen and oxygen atoms in total. The highest BCUT2D eigenvalue weighted by Crippen LogP contribution is 2.28. The van der Waals surface area contributed by atoms with Crippen LogP contribution in [0.4, 0.5) is 0 Å². The first kappa shape index (κ1) is 13.4. The maximum absolute atomic E-state index is 9.06. The Morgan fingerprint density at radius 3 is 2.78 bits per heavy atom. The predicted molar refractivity (Wildman–Crippen MR) is 73.6 cm³/mol. The number of aryl methyl sites for hydroxylation is 1. The highest BCUT2D eigenvalue weighted by Gasteiger charge is 2.23. The molecule has 1 aliphatic rings. The van der Waals surface area contributed by atoms with Gasteiger partial charge >= 0.3 is 0 Å². The SMILES string of the molecule is Cc1cc(Cl)ccc1[C@@H](CC#N)N1CCNCC1. The minimum atomic E-state index is 0.189. The molecule has 96 valence electrons. The maximum atomic E-state index is 9.06. The average molecular weight is 264 g/mol. The minimum Gasteiger partial charge on any atom is -0.314 e. The first-order valence-corrected chi connectivity index (χ1v) is 6.68. The van der Waals surface area contributed by atoms with Crippen LogP contribution in [0.1, 0.15) is 23.6 Å². The summed E-state index contributed by atoms with van der Waals surface area (Å²) in [4.78, 5) is 2.38. The monoisotopic (exact) mass is 263 g/mol. The van der Waals surface area contributed by atoms with Crippen LogP contribution in [0.3, 0.4) is 0 Å². The van der Waals surface area contributed by atoms with E-state index in [1.807, 2.05) is 12.1 Å². The number of hydrogen-bond donors (Lipinski definition) is 1. The van der Waals surface area contributed by atoms with E-state index < -0.39 is 0 Å². The van der Waals surface area contributed by atoms with Gasteiger partial charge in [0, 0.05) is 37.2 Å². The lowest BCUT2D eigenvalue weighted by Gasteiger charge is -2.34. The minimum absolute atomic E-state index is 0.189. The molecule has 1 N–H and O–H groups in total. The normalized spacial score (nSPS) is 18.3. The van der Waals surface area contributed by atoms with E-state index in [1.54, 1.807) is 0 Å². The van der Waals surface area contributed by atoms with Gasteiger partial charge in [-0.25, -0.2) is 0 Å². The summed E-state index contributed by atoms with van der Waals surface area (Å²) in [5, 5.41) is 13.2. The summed E-state index contributed by atoms with van der Waals surface area (Å²) in [6.07, 6.45) is 0.530. The summed E-state index contributed by atoms with van der Waals surface area (Å²) >= 11 is 6.00. The third-order valence-corrected chi connectivity index (χ3v) is 3.70. The predicted octanol–water partition coefficient (Wildman–Crippen LogP) is 2.51. The van der Waals surface area contributed by atoms with E-state index in [1.165, 1.54) is 11.1 Å². The molecule has 0 amide bonds. The van der Waals surface area contributed by atoms with Crippen LogP contribution in [0.2, 0.25) is 5.02 Å². The molecule has 1 aromatic carbocycles. The molecule has 0 aliphatic carbocycles. The quantitative estimate of drug-likeness (QED) is 0.911. The van der Waals surface area contributed by atoms with Crippen LogP contribution in [0, 0.1) is 18.3 Å². The van der Waals surface area contributed by atoms with E-state index in [9.17, 15) is 0 Å². The van der Waals surface area contributed by atoms with Crippen molar-refractivity contribution in [1.82, 2.24) is 10.2 Å². The molecule has 1 aromatic rings. The molecule has 2 rings (SSSR count). The summed E-state index contributed by atoms with van der Waals surface area (Å²) < 4.78 is 0. The summed E-state index contributed by atoms with van der Waals surface area (Å²) in [6.45, 7) is 6.04. The Balaban J connectivity index is 2.25. The topological polar surface area (TPSA) is 39.1 Å². The van der Waals surface area contributed by atoms with Crippen LogP contribution >= 0.6 is 11.6 Å². The van der Waals surface area contributed by atoms with Gasteiger partial charge in [0.2, 0.25) is 0 Å². The van der Waals surface area contributed by atoms with Crippen LogP contribution in [-0.2, 0) is 0 Å². The van der Waals surface area contributed by atoms with Crippen molar-refractivity contribution in [3.63, 3.8) is 0 Å². The summed E-state index contributed by atoms with van der Waals surface area (Å²) in [6, 6.07) is 8.45. The van der Waals surface area contributed by atoms with Crippen molar-refractivity contribution in [2.24, 2.45) is 0 Å². The van der Waals surface area contributed by atoms with Gasteiger partial charge in [-0.2, -0.15) is 5.26 Å².